The van der Waals surface area contributed by atoms with Crippen LogP contribution in [-0.4, -0.2) is 32.3 Å². The smallest absolute Gasteiger partial charge is 0.353 e. The zero-order chi connectivity index (χ0) is 20.8. The Bertz CT molecular complexity index is 1030. The average molecular weight is 410 g/mol. The molecule has 7 nitrogen and oxygen atoms in total. The Balaban J connectivity index is 1.73. The fraction of sp³-hybridized carbons (Fsp3) is 0.238. The van der Waals surface area contributed by atoms with Crippen molar-refractivity contribution in [2.75, 3.05) is 0 Å². The van der Waals surface area contributed by atoms with Gasteiger partial charge in [0.15, 0.2) is 0 Å². The van der Waals surface area contributed by atoms with E-state index in [1.807, 2.05) is 37.3 Å². The van der Waals surface area contributed by atoms with Gasteiger partial charge < -0.3 is 5.11 Å². The molecule has 2 aliphatic rings. The van der Waals surface area contributed by atoms with Crippen molar-refractivity contribution in [3.8, 4) is 0 Å². The van der Waals surface area contributed by atoms with Gasteiger partial charge in [0.2, 0.25) is 5.91 Å². The highest BCUT2D eigenvalue weighted by Gasteiger charge is 2.61. The molecule has 0 aromatic heterocycles. The van der Waals surface area contributed by atoms with Gasteiger partial charge in [-0.15, -0.1) is 0 Å². The molecule has 2 heterocycles. The van der Waals surface area contributed by atoms with Crippen LogP contribution in [-0.2, 0) is 16.0 Å². The lowest BCUT2D eigenvalue weighted by molar-refractivity contribution is -0.384. The van der Waals surface area contributed by atoms with Gasteiger partial charge in [-0.2, -0.15) is 0 Å². The summed E-state index contributed by atoms with van der Waals surface area (Å²) in [6.07, 6.45) is 0.768. The van der Waals surface area contributed by atoms with Crippen LogP contribution in [0.1, 0.15) is 18.9 Å². The van der Waals surface area contributed by atoms with Gasteiger partial charge in [0.25, 0.3) is 5.69 Å². The van der Waals surface area contributed by atoms with Crippen LogP contribution in [0.15, 0.2) is 70.1 Å². The van der Waals surface area contributed by atoms with E-state index in [1.54, 1.807) is 12.1 Å². The molecule has 1 saturated heterocycles. The van der Waals surface area contributed by atoms with Gasteiger partial charge >= 0.3 is 5.97 Å². The Morgan fingerprint density at radius 1 is 1.24 bits per heavy atom. The van der Waals surface area contributed by atoms with Gasteiger partial charge in [-0.25, -0.2) is 4.79 Å². The molecule has 0 radical (unpaired) electrons. The van der Waals surface area contributed by atoms with E-state index in [0.29, 0.717) is 11.3 Å². The average Bonchev–Trinajstić information content (AvgIpc) is 2.87. The zero-order valence-corrected chi connectivity index (χ0v) is 16.4. The van der Waals surface area contributed by atoms with Crippen LogP contribution in [0.25, 0.3) is 0 Å². The summed E-state index contributed by atoms with van der Waals surface area (Å²) in [6, 6.07) is 15.7. The number of carboxylic acid groups (broad SMARTS) is 1. The minimum absolute atomic E-state index is 0.00693. The van der Waals surface area contributed by atoms with Crippen LogP contribution in [0.5, 0.6) is 0 Å². The van der Waals surface area contributed by atoms with E-state index in [1.165, 1.54) is 28.8 Å². The quantitative estimate of drug-likeness (QED) is 0.441. The summed E-state index contributed by atoms with van der Waals surface area (Å²) >= 11 is 1.37. The molecular formula is C21H18N2O5S. The molecule has 2 atom stereocenters. The lowest BCUT2D eigenvalue weighted by Gasteiger charge is -2.48. The first-order valence-corrected chi connectivity index (χ1v) is 9.89. The van der Waals surface area contributed by atoms with Gasteiger partial charge in [0.05, 0.1) is 16.9 Å². The summed E-state index contributed by atoms with van der Waals surface area (Å²) in [5.74, 6) is -1.52. The molecule has 1 amide bonds. The topological polar surface area (TPSA) is 101 Å². The predicted molar refractivity (Wildman–Crippen MR) is 107 cm³/mol. The second-order valence-corrected chi connectivity index (χ2v) is 8.49. The molecule has 4 rings (SSSR count). The minimum Gasteiger partial charge on any atom is -0.477 e. The van der Waals surface area contributed by atoms with Crippen LogP contribution in [0.3, 0.4) is 0 Å². The second-order valence-electron chi connectivity index (χ2n) is 7.38. The Hall–Kier alpha value is -3.13. The molecule has 2 aromatic carbocycles. The highest BCUT2D eigenvalue weighted by atomic mass is 32.2. The Morgan fingerprint density at radius 2 is 1.90 bits per heavy atom. The fourth-order valence-corrected chi connectivity index (χ4v) is 5.41. The molecule has 8 heteroatoms. The van der Waals surface area contributed by atoms with Crippen LogP contribution < -0.4 is 0 Å². The SMILES string of the molecule is CC12CC(=O)N1C(C(=O)O)=C(Sc1ccccc1)C2Cc1ccc([N+](=O)[O-])cc1. The maximum atomic E-state index is 12.3. The molecule has 2 aliphatic heterocycles. The van der Waals surface area contributed by atoms with Crippen molar-refractivity contribution >= 4 is 29.3 Å². The molecule has 0 bridgehead atoms. The van der Waals surface area contributed by atoms with Crippen molar-refractivity contribution in [2.45, 2.75) is 30.2 Å². The van der Waals surface area contributed by atoms with Crippen molar-refractivity contribution in [1.29, 1.82) is 0 Å². The maximum Gasteiger partial charge on any atom is 0.353 e. The third kappa shape index (κ3) is 3.19. The normalized spacial score (nSPS) is 23.0. The molecule has 2 unspecified atom stereocenters. The number of nitrogens with zero attached hydrogens (tertiary/aromatic N) is 2. The number of nitro benzene ring substituents is 1. The molecule has 1 fully saturated rings. The van der Waals surface area contributed by atoms with E-state index < -0.39 is 16.4 Å². The monoisotopic (exact) mass is 410 g/mol. The number of nitro groups is 1. The number of fused-ring (bicyclic) bond motifs is 1. The van der Waals surface area contributed by atoms with Gasteiger partial charge in [0.1, 0.15) is 5.70 Å². The first-order chi connectivity index (χ1) is 13.8. The standard InChI is InChI=1S/C21H18N2O5S/c1-21-12-17(24)22(21)18(20(25)26)19(29-15-5-3-2-4-6-15)16(21)11-13-7-9-14(10-8-13)23(27)28/h2-10,16H,11-12H2,1H3,(H,25,26). The van der Waals surface area contributed by atoms with Crippen molar-refractivity contribution in [1.82, 2.24) is 4.90 Å². The van der Waals surface area contributed by atoms with Crippen LogP contribution >= 0.6 is 11.8 Å². The lowest BCUT2D eigenvalue weighted by atomic mass is 9.75. The van der Waals surface area contributed by atoms with Gasteiger partial charge in [-0.05, 0) is 31.0 Å². The fourth-order valence-electron chi connectivity index (χ4n) is 4.11. The number of benzene rings is 2. The number of amides is 1. The summed E-state index contributed by atoms with van der Waals surface area (Å²) < 4.78 is 0. The summed E-state index contributed by atoms with van der Waals surface area (Å²) in [5, 5.41) is 20.8. The summed E-state index contributed by atoms with van der Waals surface area (Å²) in [6.45, 7) is 1.91. The van der Waals surface area contributed by atoms with E-state index in [0.717, 1.165) is 10.5 Å². The number of hydrogen-bond donors (Lipinski definition) is 1. The van der Waals surface area contributed by atoms with E-state index in [9.17, 15) is 24.8 Å². The van der Waals surface area contributed by atoms with E-state index >= 15 is 0 Å². The minimum atomic E-state index is -1.12. The summed E-state index contributed by atoms with van der Waals surface area (Å²) in [7, 11) is 0. The van der Waals surface area contributed by atoms with Crippen molar-refractivity contribution < 1.29 is 19.6 Å². The molecule has 148 valence electrons. The van der Waals surface area contributed by atoms with Gasteiger partial charge in [-0.1, -0.05) is 42.1 Å². The second kappa shape index (κ2) is 7.04. The highest BCUT2D eigenvalue weighted by Crippen LogP contribution is 2.56. The number of aliphatic carboxylic acids is 1. The first kappa shape index (κ1) is 19.2. The molecule has 29 heavy (non-hydrogen) atoms. The zero-order valence-electron chi connectivity index (χ0n) is 15.6. The number of rotatable bonds is 6. The van der Waals surface area contributed by atoms with E-state index in [4.69, 9.17) is 0 Å². The molecule has 0 spiro atoms. The molecule has 1 N–H and O–H groups in total. The number of thioether (sulfide) groups is 1. The van der Waals surface area contributed by atoms with E-state index in [-0.39, 0.29) is 29.6 Å². The summed E-state index contributed by atoms with van der Waals surface area (Å²) in [5.41, 5.74) is 0.305. The van der Waals surface area contributed by atoms with Crippen LogP contribution in [0, 0.1) is 16.0 Å². The number of carbonyl (C=O) groups is 2. The Morgan fingerprint density at radius 3 is 2.45 bits per heavy atom. The Labute approximate surface area is 171 Å². The van der Waals surface area contributed by atoms with Gasteiger partial charge in [0, 0.05) is 27.9 Å². The van der Waals surface area contributed by atoms with Crippen molar-refractivity contribution in [2.24, 2.45) is 5.92 Å². The number of hydrogen-bond acceptors (Lipinski definition) is 5. The summed E-state index contributed by atoms with van der Waals surface area (Å²) in [4.78, 5) is 37.8. The molecule has 0 saturated carbocycles. The van der Waals surface area contributed by atoms with Crippen LogP contribution in [0.4, 0.5) is 5.69 Å². The van der Waals surface area contributed by atoms with Crippen molar-refractivity contribution in [3.63, 3.8) is 0 Å². The maximum absolute atomic E-state index is 12.3. The van der Waals surface area contributed by atoms with Gasteiger partial charge in [-0.3, -0.25) is 19.8 Å². The molecular weight excluding hydrogens is 392 g/mol. The highest BCUT2D eigenvalue weighted by molar-refractivity contribution is 8.03. The number of β-lactam (4-membered cyclic amide) rings is 1. The lowest BCUT2D eigenvalue weighted by Crippen LogP contribution is -2.62. The van der Waals surface area contributed by atoms with Crippen LogP contribution in [0.2, 0.25) is 0 Å². The number of carboxylic acids is 1. The van der Waals surface area contributed by atoms with Crippen molar-refractivity contribution in [3.05, 3.63) is 80.9 Å². The van der Waals surface area contributed by atoms with E-state index in [2.05, 4.69) is 0 Å². The molecule has 0 aliphatic carbocycles. The third-order valence-corrected chi connectivity index (χ3v) is 6.76. The molecule has 2 aromatic rings. The number of carbonyl (C=O) groups excluding carboxylic acids is 1. The largest absolute Gasteiger partial charge is 0.477 e. The predicted octanol–water partition coefficient (Wildman–Crippen LogP) is 3.85. The first-order valence-electron chi connectivity index (χ1n) is 9.08. The number of non-ortho nitro benzene ring substituents is 1. The Kier molecular flexibility index (Phi) is 4.66. The third-order valence-electron chi connectivity index (χ3n) is 5.55.